The van der Waals surface area contributed by atoms with Crippen LogP contribution in [-0.4, -0.2) is 36.7 Å². The highest BCUT2D eigenvalue weighted by molar-refractivity contribution is 7.89. The van der Waals surface area contributed by atoms with Gasteiger partial charge in [0.25, 0.3) is 5.91 Å². The summed E-state index contributed by atoms with van der Waals surface area (Å²) < 4.78 is 32.2. The van der Waals surface area contributed by atoms with Crippen LogP contribution in [0.3, 0.4) is 0 Å². The van der Waals surface area contributed by atoms with Gasteiger partial charge in [-0.3, -0.25) is 10.1 Å². The molecule has 0 unspecified atom stereocenters. The molecule has 2 aromatic heterocycles. The Morgan fingerprint density at radius 2 is 1.84 bits per heavy atom. The van der Waals surface area contributed by atoms with Crippen LogP contribution in [0.15, 0.2) is 69.3 Å². The van der Waals surface area contributed by atoms with E-state index in [1.165, 1.54) is 47.0 Å². The molecular weight excluding hydrogens is 434 g/mol. The van der Waals surface area contributed by atoms with Gasteiger partial charge in [-0.05, 0) is 50.2 Å². The van der Waals surface area contributed by atoms with Crippen molar-refractivity contribution >= 4 is 43.4 Å². The number of anilines is 1. The van der Waals surface area contributed by atoms with Crippen molar-refractivity contribution in [2.24, 2.45) is 0 Å². The Hall–Kier alpha value is -3.01. The SMILES string of the molecule is CC(C)N(C)S(=O)(=O)c1ccc(C(=O)Nc2nc(-c3cc4ccccc4o3)cs2)cc1. The van der Waals surface area contributed by atoms with E-state index in [9.17, 15) is 13.2 Å². The van der Waals surface area contributed by atoms with E-state index in [1.54, 1.807) is 13.8 Å². The van der Waals surface area contributed by atoms with Crippen LogP contribution in [0.4, 0.5) is 5.13 Å². The Kier molecular flexibility index (Phi) is 5.65. The van der Waals surface area contributed by atoms with E-state index in [1.807, 2.05) is 35.7 Å². The number of nitrogens with zero attached hydrogens (tertiary/aromatic N) is 2. The molecule has 4 rings (SSSR count). The summed E-state index contributed by atoms with van der Waals surface area (Å²) in [5.74, 6) is 0.258. The number of hydrogen-bond acceptors (Lipinski definition) is 6. The van der Waals surface area contributed by atoms with Crippen LogP contribution in [0.5, 0.6) is 0 Å². The minimum atomic E-state index is -3.60. The molecule has 0 aliphatic rings. The van der Waals surface area contributed by atoms with Gasteiger partial charge in [-0.1, -0.05) is 18.2 Å². The molecule has 2 heterocycles. The summed E-state index contributed by atoms with van der Waals surface area (Å²) >= 11 is 1.29. The van der Waals surface area contributed by atoms with Gasteiger partial charge in [0.1, 0.15) is 11.3 Å². The Morgan fingerprint density at radius 1 is 1.13 bits per heavy atom. The molecule has 31 heavy (non-hydrogen) atoms. The molecule has 1 N–H and O–H groups in total. The third-order valence-corrected chi connectivity index (χ3v) is 7.73. The van der Waals surface area contributed by atoms with Gasteiger partial charge in [0, 0.05) is 29.4 Å². The molecule has 0 atom stereocenters. The molecular formula is C22H21N3O4S2. The number of thiazole rings is 1. The number of carbonyl (C=O) groups is 1. The number of benzene rings is 2. The summed E-state index contributed by atoms with van der Waals surface area (Å²) in [5.41, 5.74) is 1.75. The molecule has 0 aliphatic heterocycles. The van der Waals surface area contributed by atoms with Crippen LogP contribution in [0.25, 0.3) is 22.4 Å². The normalized spacial score (nSPS) is 12.0. The standard InChI is InChI=1S/C22H21N3O4S2/c1-14(2)25(3)31(27,28)17-10-8-15(9-11-17)21(26)24-22-23-18(13-30-22)20-12-16-6-4-5-7-19(16)29-20/h4-14H,1-3H3,(H,23,24,26). The number of hydrogen-bond donors (Lipinski definition) is 1. The minimum absolute atomic E-state index is 0.140. The Bertz CT molecular complexity index is 1310. The predicted molar refractivity (Wildman–Crippen MR) is 122 cm³/mol. The third kappa shape index (κ3) is 4.25. The van der Waals surface area contributed by atoms with E-state index < -0.39 is 10.0 Å². The molecule has 0 bridgehead atoms. The van der Waals surface area contributed by atoms with Crippen LogP contribution < -0.4 is 5.32 Å². The van der Waals surface area contributed by atoms with Gasteiger partial charge in [-0.25, -0.2) is 13.4 Å². The Labute approximate surface area is 184 Å². The van der Waals surface area contributed by atoms with E-state index in [4.69, 9.17) is 4.42 Å². The number of amides is 1. The lowest BCUT2D eigenvalue weighted by Crippen LogP contribution is -2.33. The van der Waals surface area contributed by atoms with Gasteiger partial charge in [0.05, 0.1) is 4.90 Å². The summed E-state index contributed by atoms with van der Waals surface area (Å²) in [6, 6.07) is 15.3. The summed E-state index contributed by atoms with van der Waals surface area (Å²) in [7, 11) is -2.07. The summed E-state index contributed by atoms with van der Waals surface area (Å²) in [4.78, 5) is 17.1. The van der Waals surface area contributed by atoms with Crippen molar-refractivity contribution in [1.29, 1.82) is 0 Å². The average molecular weight is 456 g/mol. The lowest BCUT2D eigenvalue weighted by atomic mass is 10.2. The van der Waals surface area contributed by atoms with Crippen LogP contribution in [-0.2, 0) is 10.0 Å². The quantitative estimate of drug-likeness (QED) is 0.449. The number of rotatable bonds is 6. The molecule has 1 amide bonds. The molecule has 0 saturated heterocycles. The van der Waals surface area contributed by atoms with E-state index in [0.29, 0.717) is 22.1 Å². The van der Waals surface area contributed by atoms with E-state index in [0.717, 1.165) is 11.0 Å². The third-order valence-electron chi connectivity index (χ3n) is 4.92. The van der Waals surface area contributed by atoms with Crippen molar-refractivity contribution in [2.45, 2.75) is 24.8 Å². The second-order valence-corrected chi connectivity index (χ2v) is 10.1. The van der Waals surface area contributed by atoms with Crippen LogP contribution in [0, 0.1) is 0 Å². The molecule has 0 radical (unpaired) electrons. The van der Waals surface area contributed by atoms with Crippen molar-refractivity contribution in [3.63, 3.8) is 0 Å². The fraction of sp³-hybridized carbons (Fsp3) is 0.182. The van der Waals surface area contributed by atoms with Gasteiger partial charge in [-0.2, -0.15) is 4.31 Å². The number of fused-ring (bicyclic) bond motifs is 1. The van der Waals surface area contributed by atoms with Crippen LogP contribution in [0.2, 0.25) is 0 Å². The van der Waals surface area contributed by atoms with Crippen molar-refractivity contribution in [2.75, 3.05) is 12.4 Å². The van der Waals surface area contributed by atoms with Crippen molar-refractivity contribution in [3.8, 4) is 11.5 Å². The second kappa shape index (κ2) is 8.26. The van der Waals surface area contributed by atoms with Crippen molar-refractivity contribution in [3.05, 3.63) is 65.5 Å². The topological polar surface area (TPSA) is 92.5 Å². The Balaban J connectivity index is 1.49. The fourth-order valence-electron chi connectivity index (χ4n) is 2.94. The number of aromatic nitrogens is 1. The van der Waals surface area contributed by atoms with Crippen molar-refractivity contribution < 1.29 is 17.6 Å². The van der Waals surface area contributed by atoms with Gasteiger partial charge in [0.2, 0.25) is 10.0 Å². The number of para-hydroxylation sites is 1. The number of sulfonamides is 1. The fourth-order valence-corrected chi connectivity index (χ4v) is 5.01. The molecule has 0 fully saturated rings. The monoisotopic (exact) mass is 455 g/mol. The van der Waals surface area contributed by atoms with Crippen LogP contribution in [0.1, 0.15) is 24.2 Å². The highest BCUT2D eigenvalue weighted by Gasteiger charge is 2.23. The maximum Gasteiger partial charge on any atom is 0.257 e. The smallest absolute Gasteiger partial charge is 0.257 e. The highest BCUT2D eigenvalue weighted by Crippen LogP contribution is 2.30. The molecule has 0 aliphatic carbocycles. The maximum atomic E-state index is 12.6. The highest BCUT2D eigenvalue weighted by atomic mass is 32.2. The zero-order valence-corrected chi connectivity index (χ0v) is 18.8. The molecule has 7 nitrogen and oxygen atoms in total. The predicted octanol–water partition coefficient (Wildman–Crippen LogP) is 4.84. The summed E-state index contributed by atoms with van der Waals surface area (Å²) in [6.45, 7) is 3.60. The average Bonchev–Trinajstić information content (AvgIpc) is 3.39. The van der Waals surface area contributed by atoms with Crippen molar-refractivity contribution in [1.82, 2.24) is 9.29 Å². The Morgan fingerprint density at radius 3 is 2.52 bits per heavy atom. The molecule has 0 spiro atoms. The molecule has 4 aromatic rings. The zero-order valence-electron chi connectivity index (χ0n) is 17.2. The van der Waals surface area contributed by atoms with E-state index >= 15 is 0 Å². The largest absolute Gasteiger partial charge is 0.454 e. The first-order chi connectivity index (χ1) is 14.8. The molecule has 2 aromatic carbocycles. The maximum absolute atomic E-state index is 12.6. The molecule has 0 saturated carbocycles. The number of furan rings is 1. The van der Waals surface area contributed by atoms with Gasteiger partial charge in [-0.15, -0.1) is 11.3 Å². The first-order valence-electron chi connectivity index (χ1n) is 9.59. The second-order valence-electron chi connectivity index (χ2n) is 7.28. The first-order valence-corrected chi connectivity index (χ1v) is 11.9. The van der Waals surface area contributed by atoms with Gasteiger partial charge < -0.3 is 4.42 Å². The summed E-state index contributed by atoms with van der Waals surface area (Å²) in [6.07, 6.45) is 0. The first kappa shape index (κ1) is 21.2. The zero-order chi connectivity index (χ0) is 22.2. The lowest BCUT2D eigenvalue weighted by Gasteiger charge is -2.20. The van der Waals surface area contributed by atoms with Crippen LogP contribution >= 0.6 is 11.3 Å². The summed E-state index contributed by atoms with van der Waals surface area (Å²) in [5, 5.41) is 5.97. The molecule has 160 valence electrons. The van der Waals surface area contributed by atoms with E-state index in [2.05, 4.69) is 10.3 Å². The number of carbonyl (C=O) groups excluding carboxylic acids is 1. The van der Waals surface area contributed by atoms with Gasteiger partial charge >= 0.3 is 0 Å². The van der Waals surface area contributed by atoms with E-state index in [-0.39, 0.29) is 16.8 Å². The lowest BCUT2D eigenvalue weighted by molar-refractivity contribution is 0.102. The molecule has 9 heteroatoms. The number of nitrogens with one attached hydrogen (secondary N) is 1. The van der Waals surface area contributed by atoms with Gasteiger partial charge in [0.15, 0.2) is 10.9 Å². The minimum Gasteiger partial charge on any atom is -0.454 e.